The predicted molar refractivity (Wildman–Crippen MR) is 128 cm³/mol. The van der Waals surface area contributed by atoms with Gasteiger partial charge in [0.2, 0.25) is 11.9 Å². The quantitative estimate of drug-likeness (QED) is 0.331. The lowest BCUT2D eigenvalue weighted by atomic mass is 9.91. The molecule has 35 heavy (non-hydrogen) atoms. The van der Waals surface area contributed by atoms with E-state index in [2.05, 4.69) is 30.9 Å². The highest BCUT2D eigenvalue weighted by atomic mass is 35.5. The summed E-state index contributed by atoms with van der Waals surface area (Å²) in [6, 6.07) is 8.65. The van der Waals surface area contributed by atoms with Crippen molar-refractivity contribution in [2.24, 2.45) is 4.99 Å². The van der Waals surface area contributed by atoms with E-state index in [4.69, 9.17) is 11.6 Å². The Labute approximate surface area is 204 Å². The maximum Gasteiger partial charge on any atom is 0.258 e. The number of anilines is 2. The van der Waals surface area contributed by atoms with Gasteiger partial charge in [-0.25, -0.2) is 28.1 Å². The van der Waals surface area contributed by atoms with Crippen molar-refractivity contribution in [3.05, 3.63) is 82.9 Å². The van der Waals surface area contributed by atoms with Gasteiger partial charge < -0.3 is 10.6 Å². The van der Waals surface area contributed by atoms with Gasteiger partial charge in [0.25, 0.3) is 5.91 Å². The largest absolute Gasteiger partial charge is 0.351 e. The van der Waals surface area contributed by atoms with Gasteiger partial charge in [-0.05, 0) is 68.1 Å². The Balaban J connectivity index is 1.47. The minimum Gasteiger partial charge on any atom is -0.351 e. The second kappa shape index (κ2) is 11.2. The molecule has 2 aromatic carbocycles. The van der Waals surface area contributed by atoms with E-state index in [0.717, 1.165) is 37.8 Å². The third-order valence-electron chi connectivity index (χ3n) is 5.50. The van der Waals surface area contributed by atoms with Crippen LogP contribution in [0.15, 0.2) is 59.9 Å². The number of aliphatic imine (C=N–C) groups is 1. The Morgan fingerprint density at radius 1 is 0.943 bits per heavy atom. The zero-order chi connectivity index (χ0) is 24.8. The van der Waals surface area contributed by atoms with Crippen LogP contribution in [0.25, 0.3) is 0 Å². The van der Waals surface area contributed by atoms with Gasteiger partial charge in [0.1, 0.15) is 5.82 Å². The summed E-state index contributed by atoms with van der Waals surface area (Å²) in [6.07, 6.45) is 6.39. The van der Waals surface area contributed by atoms with E-state index < -0.39 is 23.4 Å². The number of nitrogens with zero attached hydrogens (tertiary/aromatic N) is 3. The first-order chi connectivity index (χ1) is 16.9. The highest BCUT2D eigenvalue weighted by Crippen LogP contribution is 2.24. The Morgan fingerprint density at radius 2 is 1.66 bits per heavy atom. The summed E-state index contributed by atoms with van der Waals surface area (Å²) in [5.74, 6) is -2.81. The van der Waals surface area contributed by atoms with E-state index >= 15 is 0 Å². The summed E-state index contributed by atoms with van der Waals surface area (Å²) in [5.41, 5.74) is 0.323. The van der Waals surface area contributed by atoms with E-state index in [-0.39, 0.29) is 28.6 Å². The molecule has 3 aromatic rings. The third-order valence-corrected chi connectivity index (χ3v) is 5.79. The van der Waals surface area contributed by atoms with Crippen LogP contribution in [0.4, 0.5) is 24.8 Å². The van der Waals surface area contributed by atoms with Crippen molar-refractivity contribution in [3.63, 3.8) is 0 Å². The van der Waals surface area contributed by atoms with Crippen molar-refractivity contribution in [2.45, 2.75) is 37.8 Å². The summed E-state index contributed by atoms with van der Waals surface area (Å²) in [5, 5.41) is 8.73. The topological polar surface area (TPSA) is 91.3 Å². The first-order valence-electron chi connectivity index (χ1n) is 11.0. The second-order valence-electron chi connectivity index (χ2n) is 8.04. The summed E-state index contributed by atoms with van der Waals surface area (Å²) in [6.45, 7) is 0. The van der Waals surface area contributed by atoms with Gasteiger partial charge in [-0.1, -0.05) is 11.6 Å². The Morgan fingerprint density at radius 3 is 2.34 bits per heavy atom. The average Bonchev–Trinajstić information content (AvgIpc) is 2.85. The van der Waals surface area contributed by atoms with Crippen LogP contribution in [0.1, 0.15) is 36.0 Å². The lowest BCUT2D eigenvalue weighted by Gasteiger charge is -2.27. The van der Waals surface area contributed by atoms with Crippen LogP contribution in [0.3, 0.4) is 0 Å². The lowest BCUT2D eigenvalue weighted by molar-refractivity contribution is 0.0976. The van der Waals surface area contributed by atoms with Gasteiger partial charge in [0.05, 0.1) is 11.1 Å². The van der Waals surface area contributed by atoms with Gasteiger partial charge in [0.15, 0.2) is 11.6 Å². The second-order valence-corrected chi connectivity index (χ2v) is 8.44. The highest BCUT2D eigenvalue weighted by molar-refractivity contribution is 6.31. The number of rotatable bonds is 5. The first kappa shape index (κ1) is 24.5. The Hall–Kier alpha value is -3.66. The molecule has 0 atom stereocenters. The van der Waals surface area contributed by atoms with Crippen molar-refractivity contribution in [2.75, 3.05) is 10.6 Å². The van der Waals surface area contributed by atoms with Gasteiger partial charge in [-0.3, -0.25) is 10.1 Å². The smallest absolute Gasteiger partial charge is 0.258 e. The first-order valence-corrected chi connectivity index (χ1v) is 11.3. The van der Waals surface area contributed by atoms with Crippen molar-refractivity contribution >= 4 is 35.1 Å². The number of hydrogen-bond donors (Lipinski definition) is 3. The molecule has 0 spiro atoms. The molecule has 0 aliphatic heterocycles. The van der Waals surface area contributed by atoms with E-state index in [0.29, 0.717) is 11.6 Å². The number of carbonyl (C=O) groups is 1. The van der Waals surface area contributed by atoms with Crippen molar-refractivity contribution < 1.29 is 18.0 Å². The van der Waals surface area contributed by atoms with E-state index in [1.807, 2.05) is 0 Å². The number of halogens is 4. The van der Waals surface area contributed by atoms with Crippen molar-refractivity contribution in [1.82, 2.24) is 15.3 Å². The molecule has 11 heteroatoms. The van der Waals surface area contributed by atoms with E-state index in [1.165, 1.54) is 24.3 Å². The number of hydrogen-bond acceptors (Lipinski definition) is 5. The normalized spacial score (nSPS) is 18.1. The zero-order valence-corrected chi connectivity index (χ0v) is 19.2. The fourth-order valence-corrected chi connectivity index (χ4v) is 3.89. The van der Waals surface area contributed by atoms with Gasteiger partial charge >= 0.3 is 0 Å². The molecule has 4 rings (SSSR count). The number of carbonyl (C=O) groups excluding carboxylic acids is 1. The van der Waals surface area contributed by atoms with Crippen LogP contribution >= 0.6 is 11.6 Å². The molecule has 1 amide bonds. The monoisotopic (exact) mass is 502 g/mol. The summed E-state index contributed by atoms with van der Waals surface area (Å²) in [4.78, 5) is 25.7. The SMILES string of the molecule is O=C(NC(=NC1CCC(Nc2ncccn2)CC1)Nc1ccc(F)c(Cl)c1)c1ccc(F)c(F)c1. The number of amides is 1. The van der Waals surface area contributed by atoms with Crippen molar-refractivity contribution in [1.29, 1.82) is 0 Å². The van der Waals surface area contributed by atoms with E-state index in [1.54, 1.807) is 18.5 Å². The standard InChI is InChI=1S/C24H22ClF3N6O/c25-18-13-17(7-9-19(18)26)33-24(34-22(35)14-2-8-20(27)21(28)12-14)32-16-5-3-15(4-6-16)31-23-29-10-1-11-30-23/h1-2,7-13,15-16H,3-6H2,(H,29,30,31)(H2,32,33,34,35). The number of guanidine groups is 1. The lowest BCUT2D eigenvalue weighted by Crippen LogP contribution is -2.38. The Bertz CT molecular complexity index is 1220. The van der Waals surface area contributed by atoms with Crippen LogP contribution in [0.5, 0.6) is 0 Å². The summed E-state index contributed by atoms with van der Waals surface area (Å²) < 4.78 is 40.4. The molecular formula is C24H22ClF3N6O. The molecule has 1 aromatic heterocycles. The number of benzene rings is 2. The maximum absolute atomic E-state index is 13.6. The Kier molecular flexibility index (Phi) is 7.81. The van der Waals surface area contributed by atoms with Gasteiger partial charge in [-0.2, -0.15) is 0 Å². The molecular weight excluding hydrogens is 481 g/mol. The molecule has 1 fully saturated rings. The van der Waals surface area contributed by atoms with E-state index in [9.17, 15) is 18.0 Å². The fourth-order valence-electron chi connectivity index (χ4n) is 3.71. The van der Waals surface area contributed by atoms with Crippen molar-refractivity contribution in [3.8, 4) is 0 Å². The molecule has 0 saturated heterocycles. The number of nitrogens with one attached hydrogen (secondary N) is 3. The molecule has 1 aliphatic carbocycles. The minimum atomic E-state index is -1.14. The molecule has 1 aliphatic rings. The van der Waals surface area contributed by atoms with Crippen LogP contribution in [0.2, 0.25) is 5.02 Å². The minimum absolute atomic E-state index is 0.0775. The number of aromatic nitrogens is 2. The predicted octanol–water partition coefficient (Wildman–Crippen LogP) is 5.17. The molecule has 3 N–H and O–H groups in total. The molecule has 0 unspecified atom stereocenters. The molecule has 0 bridgehead atoms. The summed E-state index contributed by atoms with van der Waals surface area (Å²) in [7, 11) is 0. The maximum atomic E-state index is 13.6. The molecule has 0 radical (unpaired) electrons. The third kappa shape index (κ3) is 6.69. The summed E-state index contributed by atoms with van der Waals surface area (Å²) >= 11 is 5.87. The van der Waals surface area contributed by atoms with Crippen LogP contribution in [0, 0.1) is 17.5 Å². The van der Waals surface area contributed by atoms with Crippen LogP contribution < -0.4 is 16.0 Å². The molecule has 7 nitrogen and oxygen atoms in total. The van der Waals surface area contributed by atoms with Crippen LogP contribution in [-0.4, -0.2) is 33.9 Å². The van der Waals surface area contributed by atoms with Gasteiger partial charge in [0, 0.05) is 29.7 Å². The molecule has 1 saturated carbocycles. The molecule has 1 heterocycles. The highest BCUT2D eigenvalue weighted by Gasteiger charge is 2.22. The fraction of sp³-hybridized carbons (Fsp3) is 0.250. The van der Waals surface area contributed by atoms with Gasteiger partial charge in [-0.15, -0.1) is 0 Å². The molecule has 182 valence electrons. The van der Waals surface area contributed by atoms with Crippen LogP contribution in [-0.2, 0) is 0 Å². The zero-order valence-electron chi connectivity index (χ0n) is 18.4. The average molecular weight is 503 g/mol.